The molecule has 178 valence electrons. The SMILES string of the molecule is Cc1ccc(-c2nn(Cc3ccccc3)cc2C(=O)NCC(=O)Nc2ccc(F)c(F)c2F)cc1. The van der Waals surface area contributed by atoms with Crippen LogP contribution in [0.15, 0.2) is 72.9 Å². The number of nitrogens with zero attached hydrogens (tertiary/aromatic N) is 2. The van der Waals surface area contributed by atoms with Gasteiger partial charge in [-0.15, -0.1) is 0 Å². The Bertz CT molecular complexity index is 1370. The van der Waals surface area contributed by atoms with Gasteiger partial charge in [-0.3, -0.25) is 14.3 Å². The van der Waals surface area contributed by atoms with Gasteiger partial charge in [-0.05, 0) is 24.6 Å². The van der Waals surface area contributed by atoms with Gasteiger partial charge in [0.1, 0.15) is 5.69 Å². The minimum absolute atomic E-state index is 0.247. The molecule has 4 rings (SSSR count). The van der Waals surface area contributed by atoms with Gasteiger partial charge >= 0.3 is 0 Å². The standard InChI is InChI=1S/C26H21F3N4O2/c1-16-7-9-18(10-8-16)25-19(15-33(32-25)14-17-5-3-2-4-6-17)26(35)30-13-22(34)31-21-12-11-20(27)23(28)24(21)29/h2-12,15H,13-14H2,1H3,(H,30,35)(H,31,34). The van der Waals surface area contributed by atoms with E-state index in [-0.39, 0.29) is 5.56 Å². The van der Waals surface area contributed by atoms with Crippen molar-refractivity contribution in [1.29, 1.82) is 0 Å². The number of carbonyl (C=O) groups excluding carboxylic acids is 2. The van der Waals surface area contributed by atoms with Crippen LogP contribution in [0.25, 0.3) is 11.3 Å². The molecule has 0 atom stereocenters. The lowest BCUT2D eigenvalue weighted by atomic mass is 10.1. The quantitative estimate of drug-likeness (QED) is 0.379. The van der Waals surface area contributed by atoms with Crippen molar-refractivity contribution >= 4 is 17.5 Å². The number of rotatable bonds is 7. The number of amides is 2. The summed E-state index contributed by atoms with van der Waals surface area (Å²) < 4.78 is 41.9. The van der Waals surface area contributed by atoms with Gasteiger partial charge in [0, 0.05) is 11.8 Å². The Kier molecular flexibility index (Phi) is 6.96. The molecular formula is C26H21F3N4O2. The minimum atomic E-state index is -1.69. The number of benzene rings is 3. The van der Waals surface area contributed by atoms with E-state index < -0.39 is 41.5 Å². The molecule has 0 aliphatic carbocycles. The Balaban J connectivity index is 1.52. The highest BCUT2D eigenvalue weighted by atomic mass is 19.2. The second-order valence-electron chi connectivity index (χ2n) is 7.89. The highest BCUT2D eigenvalue weighted by molar-refractivity contribution is 6.02. The molecule has 0 saturated carbocycles. The summed E-state index contributed by atoms with van der Waals surface area (Å²) in [6.45, 7) is 1.86. The lowest BCUT2D eigenvalue weighted by molar-refractivity contribution is -0.115. The van der Waals surface area contributed by atoms with Crippen molar-refractivity contribution in [3.05, 3.63) is 107 Å². The zero-order chi connectivity index (χ0) is 24.9. The number of halogens is 3. The van der Waals surface area contributed by atoms with E-state index in [0.717, 1.165) is 22.8 Å². The number of anilines is 1. The molecular weight excluding hydrogens is 457 g/mol. The lowest BCUT2D eigenvalue weighted by Crippen LogP contribution is -2.33. The van der Waals surface area contributed by atoms with E-state index in [9.17, 15) is 22.8 Å². The molecule has 0 saturated heterocycles. The summed E-state index contributed by atoms with van der Waals surface area (Å²) in [5, 5.41) is 9.17. The molecule has 3 aromatic carbocycles. The number of aryl methyl sites for hydroxylation is 1. The van der Waals surface area contributed by atoms with Gasteiger partial charge < -0.3 is 10.6 Å². The fourth-order valence-corrected chi connectivity index (χ4v) is 3.44. The maximum absolute atomic E-state index is 13.8. The largest absolute Gasteiger partial charge is 0.343 e. The van der Waals surface area contributed by atoms with Crippen LogP contribution in [0.1, 0.15) is 21.5 Å². The monoisotopic (exact) mass is 478 g/mol. The average Bonchev–Trinajstić information content (AvgIpc) is 3.28. The predicted molar refractivity (Wildman–Crippen MR) is 125 cm³/mol. The van der Waals surface area contributed by atoms with Gasteiger partial charge in [0.05, 0.1) is 24.3 Å². The summed E-state index contributed by atoms with van der Waals surface area (Å²) >= 11 is 0. The van der Waals surface area contributed by atoms with Crippen LogP contribution in [0.5, 0.6) is 0 Å². The first-order valence-electron chi connectivity index (χ1n) is 10.7. The van der Waals surface area contributed by atoms with Gasteiger partial charge in [-0.2, -0.15) is 5.10 Å². The van der Waals surface area contributed by atoms with E-state index >= 15 is 0 Å². The van der Waals surface area contributed by atoms with Crippen LogP contribution in [0.3, 0.4) is 0 Å². The van der Waals surface area contributed by atoms with E-state index in [2.05, 4.69) is 15.7 Å². The summed E-state index contributed by atoms with van der Waals surface area (Å²) in [5.41, 5.74) is 2.91. The summed E-state index contributed by atoms with van der Waals surface area (Å²) in [7, 11) is 0. The van der Waals surface area contributed by atoms with Crippen molar-refractivity contribution in [3.63, 3.8) is 0 Å². The smallest absolute Gasteiger partial charge is 0.255 e. The Hall–Kier alpha value is -4.40. The molecule has 9 heteroatoms. The van der Waals surface area contributed by atoms with E-state index in [4.69, 9.17) is 0 Å². The molecule has 0 unspecified atom stereocenters. The Morgan fingerprint density at radius 1 is 0.914 bits per heavy atom. The van der Waals surface area contributed by atoms with Crippen LogP contribution in [0, 0.1) is 24.4 Å². The average molecular weight is 478 g/mol. The molecule has 0 aliphatic rings. The summed E-state index contributed by atoms with van der Waals surface area (Å²) in [4.78, 5) is 25.2. The molecule has 0 aliphatic heterocycles. The number of aromatic nitrogens is 2. The molecule has 4 aromatic rings. The number of hydrogen-bond donors (Lipinski definition) is 2. The molecule has 2 N–H and O–H groups in total. The summed E-state index contributed by atoms with van der Waals surface area (Å²) in [5.74, 6) is -5.96. The van der Waals surface area contributed by atoms with Crippen molar-refractivity contribution in [2.75, 3.05) is 11.9 Å². The molecule has 0 fully saturated rings. The molecule has 6 nitrogen and oxygen atoms in total. The van der Waals surface area contributed by atoms with Crippen molar-refractivity contribution < 1.29 is 22.8 Å². The molecule has 1 heterocycles. The second kappa shape index (κ2) is 10.3. The van der Waals surface area contributed by atoms with Gasteiger partial charge in [0.25, 0.3) is 5.91 Å². The minimum Gasteiger partial charge on any atom is -0.343 e. The third kappa shape index (κ3) is 5.57. The van der Waals surface area contributed by atoms with Gasteiger partial charge in [0.2, 0.25) is 5.91 Å². The van der Waals surface area contributed by atoms with Crippen molar-refractivity contribution in [1.82, 2.24) is 15.1 Å². The second-order valence-corrected chi connectivity index (χ2v) is 7.89. The highest BCUT2D eigenvalue weighted by Crippen LogP contribution is 2.23. The zero-order valence-electron chi connectivity index (χ0n) is 18.7. The fourth-order valence-electron chi connectivity index (χ4n) is 3.44. The van der Waals surface area contributed by atoms with Crippen LogP contribution < -0.4 is 10.6 Å². The lowest BCUT2D eigenvalue weighted by Gasteiger charge is -2.09. The maximum Gasteiger partial charge on any atom is 0.255 e. The maximum atomic E-state index is 13.8. The Morgan fingerprint density at radius 2 is 1.63 bits per heavy atom. The van der Waals surface area contributed by atoms with Crippen molar-refractivity contribution in [3.8, 4) is 11.3 Å². The van der Waals surface area contributed by atoms with Gasteiger partial charge in [0.15, 0.2) is 17.5 Å². The molecule has 1 aromatic heterocycles. The van der Waals surface area contributed by atoms with E-state index in [1.807, 2.05) is 61.5 Å². The fraction of sp³-hybridized carbons (Fsp3) is 0.115. The van der Waals surface area contributed by atoms with E-state index in [0.29, 0.717) is 18.3 Å². The topological polar surface area (TPSA) is 76.0 Å². The number of hydrogen-bond acceptors (Lipinski definition) is 3. The van der Waals surface area contributed by atoms with Crippen LogP contribution in [-0.4, -0.2) is 28.1 Å². The first kappa shape index (κ1) is 23.7. The molecule has 0 spiro atoms. The highest BCUT2D eigenvalue weighted by Gasteiger charge is 2.20. The van der Waals surface area contributed by atoms with E-state index in [1.165, 1.54) is 0 Å². The van der Waals surface area contributed by atoms with Crippen molar-refractivity contribution in [2.45, 2.75) is 13.5 Å². The summed E-state index contributed by atoms with van der Waals surface area (Å²) in [6, 6.07) is 18.7. The molecule has 0 bridgehead atoms. The first-order chi connectivity index (χ1) is 16.8. The third-order valence-electron chi connectivity index (χ3n) is 5.24. The van der Waals surface area contributed by atoms with Crippen LogP contribution in [0.2, 0.25) is 0 Å². The van der Waals surface area contributed by atoms with Crippen molar-refractivity contribution in [2.24, 2.45) is 0 Å². The van der Waals surface area contributed by atoms with E-state index in [1.54, 1.807) is 10.9 Å². The zero-order valence-corrected chi connectivity index (χ0v) is 18.7. The molecule has 0 radical (unpaired) electrons. The number of carbonyl (C=O) groups is 2. The molecule has 2 amide bonds. The molecule has 35 heavy (non-hydrogen) atoms. The van der Waals surface area contributed by atoms with Crippen LogP contribution in [0.4, 0.5) is 18.9 Å². The summed E-state index contributed by atoms with van der Waals surface area (Å²) in [6.07, 6.45) is 1.59. The van der Waals surface area contributed by atoms with Gasteiger partial charge in [-0.25, -0.2) is 13.2 Å². The van der Waals surface area contributed by atoms with Crippen LogP contribution >= 0.6 is 0 Å². The van der Waals surface area contributed by atoms with Gasteiger partial charge in [-0.1, -0.05) is 60.2 Å². The first-order valence-corrected chi connectivity index (χ1v) is 10.7. The number of nitrogens with one attached hydrogen (secondary N) is 2. The Morgan fingerprint density at radius 3 is 2.34 bits per heavy atom. The van der Waals surface area contributed by atoms with Crippen LogP contribution in [-0.2, 0) is 11.3 Å². The third-order valence-corrected chi connectivity index (χ3v) is 5.24. The predicted octanol–water partition coefficient (Wildman–Crippen LogP) is 4.69. The Labute approximate surface area is 199 Å². The normalized spacial score (nSPS) is 10.7.